The quantitative estimate of drug-likeness (QED) is 0.213. The Bertz CT molecular complexity index is 767. The average Bonchev–Trinajstić information content (AvgIpc) is 2.64. The van der Waals surface area contributed by atoms with Gasteiger partial charge in [-0.2, -0.15) is 0 Å². The molecule has 0 bridgehead atoms. The van der Waals surface area contributed by atoms with E-state index in [-0.39, 0.29) is 32.5 Å². The van der Waals surface area contributed by atoms with Gasteiger partial charge in [-0.1, -0.05) is 120 Å². The second kappa shape index (κ2) is 11.4. The highest BCUT2D eigenvalue weighted by atomic mass is 14.4. The molecule has 36 heavy (non-hydrogen) atoms. The van der Waals surface area contributed by atoms with Crippen molar-refractivity contribution in [2.45, 2.75) is 138 Å². The van der Waals surface area contributed by atoms with Crippen LogP contribution in [0.25, 0.3) is 0 Å². The molecule has 1 aromatic rings. The highest BCUT2D eigenvalue weighted by molar-refractivity contribution is 5.41. The molecule has 0 N–H and O–H groups in total. The van der Waals surface area contributed by atoms with Gasteiger partial charge in [-0.3, -0.25) is 0 Å². The van der Waals surface area contributed by atoms with Crippen molar-refractivity contribution in [3.05, 3.63) is 72.9 Å². The smallest absolute Gasteiger partial charge is 0.00982 e. The van der Waals surface area contributed by atoms with E-state index >= 15 is 0 Å². The molecular weight excluding hydrogens is 432 g/mol. The maximum atomic E-state index is 4.03. The van der Waals surface area contributed by atoms with Crippen LogP contribution in [0.1, 0.15) is 138 Å². The first-order valence-corrected chi connectivity index (χ1v) is 14.1. The molecule has 0 saturated carbocycles. The van der Waals surface area contributed by atoms with E-state index in [2.05, 4.69) is 139 Å². The zero-order valence-corrected chi connectivity index (χ0v) is 26.3. The molecule has 0 heterocycles. The normalized spacial score (nSPS) is 14.0. The first-order valence-electron chi connectivity index (χ1n) is 14.1. The lowest BCUT2D eigenvalue weighted by Gasteiger charge is -2.40. The maximum absolute atomic E-state index is 4.03. The average molecular weight is 493 g/mol. The number of hydrogen-bond acceptors (Lipinski definition) is 0. The fraction of sp³-hybridized carbons (Fsp3) is 0.667. The van der Waals surface area contributed by atoms with Crippen molar-refractivity contribution in [1.29, 1.82) is 0 Å². The third kappa shape index (κ3) is 9.39. The van der Waals surface area contributed by atoms with Crippen LogP contribution in [0.15, 0.2) is 56.2 Å². The van der Waals surface area contributed by atoms with Crippen LogP contribution in [0.2, 0.25) is 0 Å². The zero-order chi connectivity index (χ0) is 28.2. The molecule has 0 atom stereocenters. The summed E-state index contributed by atoms with van der Waals surface area (Å²) in [7, 11) is 0. The Morgan fingerprint density at radius 3 is 0.806 bits per heavy atom. The Balaban J connectivity index is 3.72. The number of allylic oxidation sites excluding steroid dienone is 3. The van der Waals surface area contributed by atoms with E-state index in [1.165, 1.54) is 16.7 Å². The summed E-state index contributed by atoms with van der Waals surface area (Å²) in [6, 6.07) is 7.59. The van der Waals surface area contributed by atoms with Gasteiger partial charge in [0.25, 0.3) is 0 Å². The van der Waals surface area contributed by atoms with Gasteiger partial charge in [0, 0.05) is 0 Å². The molecule has 0 aliphatic carbocycles. The molecule has 0 saturated heterocycles. The van der Waals surface area contributed by atoms with Gasteiger partial charge < -0.3 is 0 Å². The second-order valence-electron chi connectivity index (χ2n) is 16.0. The Labute approximate surface area is 226 Å². The summed E-state index contributed by atoms with van der Waals surface area (Å²) in [4.78, 5) is 0. The van der Waals surface area contributed by atoms with Gasteiger partial charge in [-0.15, -0.1) is 19.7 Å². The van der Waals surface area contributed by atoms with Crippen LogP contribution >= 0.6 is 0 Å². The van der Waals surface area contributed by atoms with Crippen LogP contribution < -0.4 is 0 Å². The van der Waals surface area contributed by atoms with E-state index in [1.54, 1.807) is 0 Å². The van der Waals surface area contributed by atoms with Gasteiger partial charge >= 0.3 is 0 Å². The lowest BCUT2D eigenvalue weighted by atomic mass is 9.64. The summed E-state index contributed by atoms with van der Waals surface area (Å²) >= 11 is 0. The molecule has 204 valence electrons. The van der Waals surface area contributed by atoms with Gasteiger partial charge in [0.05, 0.1) is 0 Å². The lowest BCUT2D eigenvalue weighted by Crippen LogP contribution is -2.31. The number of benzene rings is 1. The van der Waals surface area contributed by atoms with Gasteiger partial charge in [0.1, 0.15) is 0 Å². The van der Waals surface area contributed by atoms with Crippen LogP contribution in [-0.2, 0) is 16.2 Å². The van der Waals surface area contributed by atoms with Gasteiger partial charge in [-0.05, 0) is 87.7 Å². The summed E-state index contributed by atoms with van der Waals surface area (Å²) in [5, 5.41) is 0. The summed E-state index contributed by atoms with van der Waals surface area (Å²) < 4.78 is 0. The SMILES string of the molecule is C=CCC(C)(C)CC(C)(C)c1cc(C(C)(C)CC(C)(C)CC=C)cc(C(C)(C)CC(C)(C)CC=C)c1. The minimum absolute atomic E-state index is 0.0662. The minimum Gasteiger partial charge on any atom is -0.103 e. The van der Waals surface area contributed by atoms with Crippen LogP contribution in [0, 0.1) is 16.2 Å². The molecular formula is C36H60. The van der Waals surface area contributed by atoms with E-state index in [0.29, 0.717) is 0 Å². The number of rotatable bonds is 15. The highest BCUT2D eigenvalue weighted by Crippen LogP contribution is 2.46. The van der Waals surface area contributed by atoms with Crippen molar-refractivity contribution in [2.75, 3.05) is 0 Å². The fourth-order valence-electron chi connectivity index (χ4n) is 7.08. The van der Waals surface area contributed by atoms with Gasteiger partial charge in [0.15, 0.2) is 0 Å². The third-order valence-corrected chi connectivity index (χ3v) is 8.13. The molecule has 0 spiro atoms. The van der Waals surface area contributed by atoms with E-state index in [4.69, 9.17) is 0 Å². The summed E-state index contributed by atoms with van der Waals surface area (Å²) in [6.07, 6.45) is 12.7. The predicted octanol–water partition coefficient (Wildman–Crippen LogP) is 11.5. The molecule has 0 radical (unpaired) electrons. The van der Waals surface area contributed by atoms with Crippen molar-refractivity contribution in [2.24, 2.45) is 16.2 Å². The maximum Gasteiger partial charge on any atom is -0.00982 e. The van der Waals surface area contributed by atoms with Crippen molar-refractivity contribution >= 4 is 0 Å². The van der Waals surface area contributed by atoms with E-state index < -0.39 is 0 Å². The molecule has 0 heteroatoms. The molecule has 1 rings (SSSR count). The molecule has 1 aromatic carbocycles. The first-order chi connectivity index (χ1) is 16.1. The second-order valence-corrected chi connectivity index (χ2v) is 16.0. The van der Waals surface area contributed by atoms with Crippen LogP contribution in [0.5, 0.6) is 0 Å². The molecule has 0 aromatic heterocycles. The molecule has 0 aliphatic rings. The predicted molar refractivity (Wildman–Crippen MR) is 165 cm³/mol. The Morgan fingerprint density at radius 1 is 0.444 bits per heavy atom. The van der Waals surface area contributed by atoms with Crippen molar-refractivity contribution in [3.63, 3.8) is 0 Å². The van der Waals surface area contributed by atoms with Gasteiger partial charge in [-0.25, -0.2) is 0 Å². The molecule has 0 nitrogen and oxygen atoms in total. The minimum atomic E-state index is 0.0662. The van der Waals surface area contributed by atoms with E-state index in [0.717, 1.165) is 38.5 Å². The first kappa shape index (κ1) is 32.5. The molecule has 0 aliphatic heterocycles. The Kier molecular flexibility index (Phi) is 10.3. The zero-order valence-electron chi connectivity index (χ0n) is 26.3. The van der Waals surface area contributed by atoms with Crippen LogP contribution in [0.4, 0.5) is 0 Å². The molecule has 0 fully saturated rings. The summed E-state index contributed by atoms with van der Waals surface area (Å²) in [6.45, 7) is 41.0. The summed E-state index contributed by atoms with van der Waals surface area (Å²) in [5.74, 6) is 0. The molecule has 0 unspecified atom stereocenters. The monoisotopic (exact) mass is 492 g/mol. The third-order valence-electron chi connectivity index (χ3n) is 8.13. The van der Waals surface area contributed by atoms with Gasteiger partial charge in [0.2, 0.25) is 0 Å². The van der Waals surface area contributed by atoms with Crippen molar-refractivity contribution in [3.8, 4) is 0 Å². The highest BCUT2D eigenvalue weighted by Gasteiger charge is 2.36. The standard InChI is InChI=1S/C36H60/c1-16-19-31(4,5)25-34(10,11)28-22-29(35(12,13)26-32(6,7)20-17-2)24-30(23-28)36(14,15)27-33(8,9)21-18-3/h16-18,22-24H,1-3,19-21,25-27H2,4-15H3. The van der Waals surface area contributed by atoms with Crippen molar-refractivity contribution in [1.82, 2.24) is 0 Å². The van der Waals surface area contributed by atoms with Crippen LogP contribution in [-0.4, -0.2) is 0 Å². The number of hydrogen-bond donors (Lipinski definition) is 0. The lowest BCUT2D eigenvalue weighted by molar-refractivity contribution is 0.250. The summed E-state index contributed by atoms with van der Waals surface area (Å²) in [5.41, 5.74) is 5.24. The molecule has 0 amide bonds. The Morgan fingerprint density at radius 2 is 0.639 bits per heavy atom. The van der Waals surface area contributed by atoms with Crippen molar-refractivity contribution < 1.29 is 0 Å². The van der Waals surface area contributed by atoms with Crippen LogP contribution in [0.3, 0.4) is 0 Å². The van der Waals surface area contributed by atoms with E-state index in [9.17, 15) is 0 Å². The largest absolute Gasteiger partial charge is 0.103 e. The van der Waals surface area contributed by atoms with E-state index in [1.807, 2.05) is 0 Å². The Hall–Kier alpha value is -1.56. The topological polar surface area (TPSA) is 0 Å². The fourth-order valence-corrected chi connectivity index (χ4v) is 7.08.